The highest BCUT2D eigenvalue weighted by atomic mass is 16.5. The molecule has 0 amide bonds. The molecule has 0 aromatic rings. The summed E-state index contributed by atoms with van der Waals surface area (Å²) < 4.78 is 5.27. The lowest BCUT2D eigenvalue weighted by Crippen LogP contribution is -2.38. The van der Waals surface area contributed by atoms with Crippen molar-refractivity contribution in [2.75, 3.05) is 6.61 Å². The quantitative estimate of drug-likeness (QED) is 0.499. The van der Waals surface area contributed by atoms with Gasteiger partial charge in [-0.3, -0.25) is 0 Å². The van der Waals surface area contributed by atoms with Crippen LogP contribution in [-0.4, -0.2) is 18.8 Å². The second kappa shape index (κ2) is 2.46. The molecule has 0 spiro atoms. The molecule has 0 aliphatic carbocycles. The Hall–Kier alpha value is -0.0800. The Labute approximate surface area is 50.0 Å². The summed E-state index contributed by atoms with van der Waals surface area (Å²) in [5.74, 6) is 0. The third kappa shape index (κ3) is 1.20. The highest BCUT2D eigenvalue weighted by Gasteiger charge is 2.16. The maximum Gasteiger partial charge on any atom is 0.0697 e. The molecule has 1 heterocycles. The van der Waals surface area contributed by atoms with E-state index in [2.05, 4.69) is 0 Å². The van der Waals surface area contributed by atoms with Crippen molar-refractivity contribution in [3.05, 3.63) is 0 Å². The average molecular weight is 115 g/mol. The zero-order valence-corrected chi connectivity index (χ0v) is 5.26. The molecule has 0 saturated carbocycles. The minimum Gasteiger partial charge on any atom is -0.377 e. The summed E-state index contributed by atoms with van der Waals surface area (Å²) in [5, 5.41) is 0. The first-order valence-corrected chi connectivity index (χ1v) is 3.18. The largest absolute Gasteiger partial charge is 0.377 e. The predicted molar refractivity (Wildman–Crippen MR) is 32.6 cm³/mol. The summed E-state index contributed by atoms with van der Waals surface area (Å²) in [6.45, 7) is 2.93. The van der Waals surface area contributed by atoms with Gasteiger partial charge in [-0.25, -0.2) is 0 Å². The third-order valence-corrected chi connectivity index (χ3v) is 1.67. The van der Waals surface area contributed by atoms with Crippen molar-refractivity contribution in [1.29, 1.82) is 0 Å². The van der Waals surface area contributed by atoms with E-state index in [1.54, 1.807) is 0 Å². The van der Waals surface area contributed by atoms with Crippen LogP contribution < -0.4 is 5.73 Å². The maximum atomic E-state index is 5.65. The van der Waals surface area contributed by atoms with E-state index in [1.165, 1.54) is 0 Å². The second-order valence-corrected chi connectivity index (χ2v) is 2.38. The first kappa shape index (κ1) is 6.05. The monoisotopic (exact) mass is 115 g/mol. The predicted octanol–water partition coefficient (Wildman–Crippen LogP) is 0.513. The Morgan fingerprint density at radius 3 is 2.75 bits per heavy atom. The van der Waals surface area contributed by atoms with Crippen LogP contribution in [0.4, 0.5) is 0 Å². The minimum absolute atomic E-state index is 0.281. The highest BCUT2D eigenvalue weighted by Crippen LogP contribution is 2.10. The first-order valence-electron chi connectivity index (χ1n) is 3.18. The van der Waals surface area contributed by atoms with Gasteiger partial charge in [0, 0.05) is 12.6 Å². The lowest BCUT2D eigenvalue weighted by Gasteiger charge is -2.25. The van der Waals surface area contributed by atoms with Gasteiger partial charge in [-0.05, 0) is 19.8 Å². The molecule has 0 radical (unpaired) electrons. The molecule has 1 aliphatic heterocycles. The molecule has 1 aliphatic rings. The van der Waals surface area contributed by atoms with Gasteiger partial charge in [0.15, 0.2) is 0 Å². The van der Waals surface area contributed by atoms with Crippen molar-refractivity contribution in [3.63, 3.8) is 0 Å². The average Bonchev–Trinajstić information content (AvgIpc) is 1.77. The van der Waals surface area contributed by atoms with Crippen LogP contribution in [0.1, 0.15) is 19.8 Å². The molecule has 1 saturated heterocycles. The van der Waals surface area contributed by atoms with Crippen LogP contribution in [0.25, 0.3) is 0 Å². The third-order valence-electron chi connectivity index (χ3n) is 1.67. The number of ether oxygens (including phenoxy) is 1. The molecule has 0 aromatic carbocycles. The van der Waals surface area contributed by atoms with E-state index in [4.69, 9.17) is 10.5 Å². The molecule has 1 rings (SSSR count). The lowest BCUT2D eigenvalue weighted by molar-refractivity contribution is 0.0138. The van der Waals surface area contributed by atoms with Gasteiger partial charge in [-0.2, -0.15) is 0 Å². The molecular weight excluding hydrogens is 102 g/mol. The Kier molecular flexibility index (Phi) is 1.86. The summed E-state index contributed by atoms with van der Waals surface area (Å²) >= 11 is 0. The number of rotatable bonds is 0. The zero-order chi connectivity index (χ0) is 5.98. The van der Waals surface area contributed by atoms with E-state index in [1.807, 2.05) is 6.92 Å². The fraction of sp³-hybridized carbons (Fsp3) is 1.00. The first-order chi connectivity index (χ1) is 3.80. The van der Waals surface area contributed by atoms with E-state index >= 15 is 0 Å². The van der Waals surface area contributed by atoms with E-state index in [0.717, 1.165) is 19.4 Å². The van der Waals surface area contributed by atoms with Crippen molar-refractivity contribution in [1.82, 2.24) is 0 Å². The molecule has 2 atom stereocenters. The summed E-state index contributed by atoms with van der Waals surface area (Å²) in [4.78, 5) is 0. The Bertz CT molecular complexity index is 64.9. The van der Waals surface area contributed by atoms with Crippen LogP contribution in [-0.2, 0) is 4.74 Å². The fourth-order valence-electron chi connectivity index (χ4n) is 0.947. The SMILES string of the molecule is C[C@@H]1OCCC[C@@H]1N. The zero-order valence-electron chi connectivity index (χ0n) is 5.26. The smallest absolute Gasteiger partial charge is 0.0697 e. The molecule has 0 unspecified atom stereocenters. The van der Waals surface area contributed by atoms with Gasteiger partial charge in [-0.1, -0.05) is 0 Å². The molecule has 2 heteroatoms. The Balaban J connectivity index is 2.28. The van der Waals surface area contributed by atoms with Crippen LogP contribution in [0.15, 0.2) is 0 Å². The van der Waals surface area contributed by atoms with Gasteiger partial charge >= 0.3 is 0 Å². The molecule has 8 heavy (non-hydrogen) atoms. The topological polar surface area (TPSA) is 35.2 Å². The van der Waals surface area contributed by atoms with Crippen LogP contribution >= 0.6 is 0 Å². The second-order valence-electron chi connectivity index (χ2n) is 2.38. The van der Waals surface area contributed by atoms with Gasteiger partial charge < -0.3 is 10.5 Å². The summed E-state index contributed by atoms with van der Waals surface area (Å²) in [5.41, 5.74) is 5.65. The maximum absolute atomic E-state index is 5.65. The number of hydrogen-bond donors (Lipinski definition) is 1. The standard InChI is InChI=1S/C6H13NO/c1-5-6(7)3-2-4-8-5/h5-6H,2-4,7H2,1H3/t5-,6-/m0/s1. The molecule has 2 nitrogen and oxygen atoms in total. The van der Waals surface area contributed by atoms with E-state index < -0.39 is 0 Å². The van der Waals surface area contributed by atoms with Crippen molar-refractivity contribution < 1.29 is 4.74 Å². The molecule has 48 valence electrons. The fourth-order valence-corrected chi connectivity index (χ4v) is 0.947. The molecular formula is C6H13NO. The highest BCUT2D eigenvalue weighted by molar-refractivity contribution is 4.72. The van der Waals surface area contributed by atoms with Crippen molar-refractivity contribution in [2.45, 2.75) is 31.9 Å². The van der Waals surface area contributed by atoms with Crippen molar-refractivity contribution >= 4 is 0 Å². The minimum atomic E-state index is 0.281. The van der Waals surface area contributed by atoms with Crippen LogP contribution in [0.2, 0.25) is 0 Å². The molecule has 2 N–H and O–H groups in total. The Morgan fingerprint density at radius 1 is 1.62 bits per heavy atom. The van der Waals surface area contributed by atoms with Crippen molar-refractivity contribution in [3.8, 4) is 0 Å². The van der Waals surface area contributed by atoms with E-state index in [0.29, 0.717) is 0 Å². The van der Waals surface area contributed by atoms with Crippen LogP contribution in [0.3, 0.4) is 0 Å². The van der Waals surface area contributed by atoms with Gasteiger partial charge in [0.05, 0.1) is 6.10 Å². The number of hydrogen-bond acceptors (Lipinski definition) is 2. The van der Waals surface area contributed by atoms with Gasteiger partial charge in [0.25, 0.3) is 0 Å². The normalized spacial score (nSPS) is 39.8. The van der Waals surface area contributed by atoms with Crippen LogP contribution in [0.5, 0.6) is 0 Å². The lowest BCUT2D eigenvalue weighted by atomic mass is 10.1. The van der Waals surface area contributed by atoms with Gasteiger partial charge in [-0.15, -0.1) is 0 Å². The summed E-state index contributed by atoms with van der Waals surface area (Å²) in [6, 6.07) is 0.281. The van der Waals surface area contributed by atoms with E-state index in [9.17, 15) is 0 Å². The molecule has 1 fully saturated rings. The van der Waals surface area contributed by atoms with Crippen molar-refractivity contribution in [2.24, 2.45) is 5.73 Å². The van der Waals surface area contributed by atoms with Gasteiger partial charge in [0.1, 0.15) is 0 Å². The summed E-state index contributed by atoms with van der Waals surface area (Å²) in [7, 11) is 0. The van der Waals surface area contributed by atoms with E-state index in [-0.39, 0.29) is 12.1 Å². The van der Waals surface area contributed by atoms with Crippen LogP contribution in [0, 0.1) is 0 Å². The Morgan fingerprint density at radius 2 is 2.38 bits per heavy atom. The molecule has 0 aromatic heterocycles. The number of nitrogens with two attached hydrogens (primary N) is 1. The van der Waals surface area contributed by atoms with Gasteiger partial charge in [0.2, 0.25) is 0 Å². The molecule has 0 bridgehead atoms. The summed E-state index contributed by atoms with van der Waals surface area (Å²) in [6.07, 6.45) is 2.54.